The van der Waals surface area contributed by atoms with Crippen LogP contribution in [0.2, 0.25) is 5.02 Å². The molecule has 0 aliphatic carbocycles. The molecular formula is C18H17ClN4O. The lowest BCUT2D eigenvalue weighted by Gasteiger charge is -2.19. The molecule has 3 aromatic rings. The second-order valence-corrected chi connectivity index (χ2v) is 5.78. The van der Waals surface area contributed by atoms with Gasteiger partial charge in [0.15, 0.2) is 0 Å². The summed E-state index contributed by atoms with van der Waals surface area (Å²) in [6, 6.07) is 16.0. The molecule has 2 N–H and O–H groups in total. The van der Waals surface area contributed by atoms with Crippen molar-refractivity contribution >= 4 is 23.3 Å². The van der Waals surface area contributed by atoms with Crippen LogP contribution in [0.5, 0.6) is 0 Å². The number of carbonyl (C=O) groups is 1. The van der Waals surface area contributed by atoms with E-state index in [4.69, 9.17) is 11.6 Å². The lowest BCUT2D eigenvalue weighted by Crippen LogP contribution is -2.34. The summed E-state index contributed by atoms with van der Waals surface area (Å²) in [5.74, 6) is 0.737. The molecule has 2 aromatic carbocycles. The largest absolute Gasteiger partial charge is 0.336 e. The highest BCUT2D eigenvalue weighted by molar-refractivity contribution is 6.30. The fourth-order valence-corrected chi connectivity index (χ4v) is 2.55. The second kappa shape index (κ2) is 7.19. The first kappa shape index (κ1) is 16.1. The number of halogens is 1. The maximum Gasteiger partial charge on any atom is 0.320 e. The molecule has 3 rings (SSSR count). The maximum absolute atomic E-state index is 12.4. The van der Waals surface area contributed by atoms with Gasteiger partial charge < -0.3 is 15.2 Å². The molecule has 0 aliphatic heterocycles. The van der Waals surface area contributed by atoms with E-state index in [-0.39, 0.29) is 12.1 Å². The monoisotopic (exact) mass is 340 g/mol. The summed E-state index contributed by atoms with van der Waals surface area (Å²) >= 11 is 5.97. The third-order valence-corrected chi connectivity index (χ3v) is 3.88. The minimum Gasteiger partial charge on any atom is -0.336 e. The fourth-order valence-electron chi connectivity index (χ4n) is 2.43. The van der Waals surface area contributed by atoms with Crippen molar-refractivity contribution in [1.82, 2.24) is 14.9 Å². The van der Waals surface area contributed by atoms with E-state index in [1.807, 2.05) is 60.3 Å². The van der Waals surface area contributed by atoms with Gasteiger partial charge in [0.25, 0.3) is 0 Å². The third kappa shape index (κ3) is 3.75. The molecule has 6 heteroatoms. The number of nitrogens with one attached hydrogen (secondary N) is 2. The van der Waals surface area contributed by atoms with Crippen LogP contribution in [-0.2, 0) is 7.05 Å². The average molecular weight is 341 g/mol. The topological polar surface area (TPSA) is 59.0 Å². The molecule has 122 valence electrons. The Balaban J connectivity index is 1.84. The summed E-state index contributed by atoms with van der Waals surface area (Å²) in [6.45, 7) is 0. The summed E-state index contributed by atoms with van der Waals surface area (Å²) in [6.07, 6.45) is 3.55. The molecular weight excluding hydrogens is 324 g/mol. The van der Waals surface area contributed by atoms with Gasteiger partial charge in [-0.05, 0) is 29.8 Å². The normalized spacial score (nSPS) is 11.8. The van der Waals surface area contributed by atoms with Crippen molar-refractivity contribution in [3.63, 3.8) is 0 Å². The Morgan fingerprint density at radius 1 is 1.12 bits per heavy atom. The molecule has 0 fully saturated rings. The Hall–Kier alpha value is -2.79. The minimum atomic E-state index is -0.383. The molecule has 24 heavy (non-hydrogen) atoms. The highest BCUT2D eigenvalue weighted by Gasteiger charge is 2.20. The van der Waals surface area contributed by atoms with E-state index in [9.17, 15) is 4.79 Å². The molecule has 0 radical (unpaired) electrons. The molecule has 1 aromatic heterocycles. The highest BCUT2D eigenvalue weighted by Crippen LogP contribution is 2.22. The average Bonchev–Trinajstić information content (AvgIpc) is 3.00. The van der Waals surface area contributed by atoms with Crippen LogP contribution >= 0.6 is 11.6 Å². The van der Waals surface area contributed by atoms with E-state index >= 15 is 0 Å². The van der Waals surface area contributed by atoms with Gasteiger partial charge in [-0.2, -0.15) is 0 Å². The summed E-state index contributed by atoms with van der Waals surface area (Å²) in [4.78, 5) is 16.7. The van der Waals surface area contributed by atoms with Crippen molar-refractivity contribution in [1.29, 1.82) is 0 Å². The quantitative estimate of drug-likeness (QED) is 0.754. The number of anilines is 1. The van der Waals surface area contributed by atoms with Crippen LogP contribution in [0.1, 0.15) is 17.4 Å². The van der Waals surface area contributed by atoms with Crippen LogP contribution < -0.4 is 10.6 Å². The third-order valence-electron chi connectivity index (χ3n) is 3.63. The molecule has 1 atom stereocenters. The Bertz CT molecular complexity index is 815. The predicted molar refractivity (Wildman–Crippen MR) is 95.1 cm³/mol. The predicted octanol–water partition coefficient (Wildman–Crippen LogP) is 3.98. The molecule has 0 saturated heterocycles. The van der Waals surface area contributed by atoms with Crippen LogP contribution in [0.15, 0.2) is 67.0 Å². The van der Waals surface area contributed by atoms with Crippen LogP contribution in [0.4, 0.5) is 10.5 Å². The number of aromatic nitrogens is 2. The van der Waals surface area contributed by atoms with E-state index in [2.05, 4.69) is 15.6 Å². The molecule has 1 heterocycles. The van der Waals surface area contributed by atoms with E-state index in [1.54, 1.807) is 18.3 Å². The van der Waals surface area contributed by atoms with Gasteiger partial charge in [0.05, 0.1) is 0 Å². The number of imidazole rings is 1. The van der Waals surface area contributed by atoms with Crippen molar-refractivity contribution < 1.29 is 4.79 Å². The molecule has 5 nitrogen and oxygen atoms in total. The number of para-hydroxylation sites is 1. The first-order chi connectivity index (χ1) is 11.6. The van der Waals surface area contributed by atoms with E-state index in [0.29, 0.717) is 5.02 Å². The van der Waals surface area contributed by atoms with Gasteiger partial charge in [-0.1, -0.05) is 41.9 Å². The number of nitrogens with zero attached hydrogens (tertiary/aromatic N) is 2. The van der Waals surface area contributed by atoms with Crippen molar-refractivity contribution in [2.75, 3.05) is 5.32 Å². The van der Waals surface area contributed by atoms with Gasteiger partial charge in [-0.25, -0.2) is 9.78 Å². The summed E-state index contributed by atoms with van der Waals surface area (Å²) in [5.41, 5.74) is 1.63. The van der Waals surface area contributed by atoms with Gasteiger partial charge in [-0.3, -0.25) is 0 Å². The van der Waals surface area contributed by atoms with E-state index < -0.39 is 0 Å². The van der Waals surface area contributed by atoms with Crippen LogP contribution in [0.25, 0.3) is 0 Å². The second-order valence-electron chi connectivity index (χ2n) is 5.35. The van der Waals surface area contributed by atoms with Gasteiger partial charge >= 0.3 is 6.03 Å². The zero-order chi connectivity index (χ0) is 16.9. The maximum atomic E-state index is 12.4. The van der Waals surface area contributed by atoms with Gasteiger partial charge in [0.2, 0.25) is 0 Å². The number of benzene rings is 2. The number of aryl methyl sites for hydroxylation is 1. The zero-order valence-corrected chi connectivity index (χ0v) is 13.9. The molecule has 0 spiro atoms. The van der Waals surface area contributed by atoms with Crippen LogP contribution in [0.3, 0.4) is 0 Å². The summed E-state index contributed by atoms with van der Waals surface area (Å²) in [5, 5.41) is 6.43. The Kier molecular flexibility index (Phi) is 4.82. The first-order valence-corrected chi connectivity index (χ1v) is 7.86. The smallest absolute Gasteiger partial charge is 0.320 e. The fraction of sp³-hybridized carbons (Fsp3) is 0.111. The number of hydrogen-bond donors (Lipinski definition) is 2. The minimum absolute atomic E-state index is 0.302. The molecule has 0 aliphatic rings. The SMILES string of the molecule is Cn1ccnc1[C@@H](NC(=O)Nc1ccccc1)c1ccc(Cl)cc1. The molecule has 0 unspecified atom stereocenters. The van der Waals surface area contributed by atoms with Crippen molar-refractivity contribution in [2.45, 2.75) is 6.04 Å². The Morgan fingerprint density at radius 2 is 1.83 bits per heavy atom. The standard InChI is InChI=1S/C18H17ClN4O/c1-23-12-11-20-17(23)16(13-7-9-14(19)10-8-13)22-18(24)21-15-5-3-2-4-6-15/h2-12,16H,1H3,(H2,21,22,24)/t16-/m0/s1. The lowest BCUT2D eigenvalue weighted by atomic mass is 10.1. The van der Waals surface area contributed by atoms with E-state index in [0.717, 1.165) is 17.1 Å². The first-order valence-electron chi connectivity index (χ1n) is 7.49. The Labute approximate surface area is 145 Å². The number of amides is 2. The van der Waals surface area contributed by atoms with Crippen LogP contribution in [0, 0.1) is 0 Å². The number of urea groups is 1. The van der Waals surface area contributed by atoms with Crippen molar-refractivity contribution in [3.8, 4) is 0 Å². The van der Waals surface area contributed by atoms with Gasteiger partial charge in [0, 0.05) is 30.2 Å². The van der Waals surface area contributed by atoms with Crippen molar-refractivity contribution in [2.24, 2.45) is 7.05 Å². The van der Waals surface area contributed by atoms with Gasteiger partial charge in [-0.15, -0.1) is 0 Å². The van der Waals surface area contributed by atoms with Crippen LogP contribution in [-0.4, -0.2) is 15.6 Å². The molecule has 0 saturated carbocycles. The summed E-state index contributed by atoms with van der Waals surface area (Å²) < 4.78 is 1.88. The van der Waals surface area contributed by atoms with Crippen molar-refractivity contribution in [3.05, 3.63) is 83.4 Å². The lowest BCUT2D eigenvalue weighted by molar-refractivity contribution is 0.249. The molecule has 0 bridgehead atoms. The number of rotatable bonds is 4. The van der Waals surface area contributed by atoms with Gasteiger partial charge in [0.1, 0.15) is 11.9 Å². The Morgan fingerprint density at radius 3 is 2.46 bits per heavy atom. The zero-order valence-electron chi connectivity index (χ0n) is 13.1. The number of hydrogen-bond acceptors (Lipinski definition) is 2. The number of carbonyl (C=O) groups excluding carboxylic acids is 1. The summed E-state index contributed by atoms with van der Waals surface area (Å²) in [7, 11) is 1.89. The van der Waals surface area contributed by atoms with E-state index in [1.165, 1.54) is 0 Å². The molecule has 2 amide bonds. The highest BCUT2D eigenvalue weighted by atomic mass is 35.5.